The summed E-state index contributed by atoms with van der Waals surface area (Å²) in [6.45, 7) is 0. The maximum absolute atomic E-state index is 5.28. The first kappa shape index (κ1) is 7.41. The van der Waals surface area contributed by atoms with Gasteiger partial charge in [0, 0.05) is 0 Å². The Labute approximate surface area is 51.5 Å². The third-order valence-corrected chi connectivity index (χ3v) is 4.02. The van der Waals surface area contributed by atoms with Crippen molar-refractivity contribution in [3.05, 3.63) is 0 Å². The van der Waals surface area contributed by atoms with E-state index in [2.05, 4.69) is 3.34 Å². The monoisotopic (exact) mass is 227 g/mol. The first-order valence-electron chi connectivity index (χ1n) is 1.15. The van der Waals surface area contributed by atoms with E-state index in [0.717, 1.165) is 0 Å². The molecule has 0 aliphatic carbocycles. The van der Waals surface area contributed by atoms with Gasteiger partial charge < -0.3 is 0 Å². The Morgan fingerprint density at radius 1 is 1.33 bits per heavy atom. The minimum absolute atomic E-state index is 1.53. The average molecular weight is 228 g/mol. The predicted molar refractivity (Wildman–Crippen MR) is 25.9 cm³/mol. The molecule has 0 amide bonds. The second-order valence-corrected chi connectivity index (χ2v) is 15.4. The maximum atomic E-state index is 5.28. The predicted octanol–water partition coefficient (Wildman–Crippen LogP) is 2.42. The van der Waals surface area contributed by atoms with Gasteiger partial charge in [0.1, 0.15) is 0 Å². The SMILES string of the molecule is C[N]=[Nb]([Cl])([Cl])[Cl]. The van der Waals surface area contributed by atoms with Gasteiger partial charge in [-0.15, -0.1) is 0 Å². The van der Waals surface area contributed by atoms with E-state index in [-0.39, 0.29) is 0 Å². The molecule has 1 nitrogen and oxygen atoms in total. The van der Waals surface area contributed by atoms with Gasteiger partial charge in [0.25, 0.3) is 0 Å². The Morgan fingerprint density at radius 3 is 1.50 bits per heavy atom. The molecule has 0 aliphatic rings. The molecule has 0 bridgehead atoms. The summed E-state index contributed by atoms with van der Waals surface area (Å²) >= 11 is -3.11. The fourth-order valence-corrected chi connectivity index (χ4v) is 0. The van der Waals surface area contributed by atoms with Crippen LogP contribution in [0.5, 0.6) is 0 Å². The normalized spacial score (nSPS) is 11.3. The van der Waals surface area contributed by atoms with Gasteiger partial charge in [-0.3, -0.25) is 0 Å². The van der Waals surface area contributed by atoms with E-state index in [1.807, 2.05) is 0 Å². The summed E-state index contributed by atoms with van der Waals surface area (Å²) < 4.78 is 3.52. The zero-order valence-electron chi connectivity index (χ0n) is 3.03. The molecule has 0 aliphatic heterocycles. The van der Waals surface area contributed by atoms with Crippen molar-refractivity contribution in [2.75, 3.05) is 7.05 Å². The second kappa shape index (κ2) is 2.65. The van der Waals surface area contributed by atoms with E-state index in [1.165, 1.54) is 7.05 Å². The number of rotatable bonds is 0. The van der Waals surface area contributed by atoms with E-state index in [1.54, 1.807) is 0 Å². The average Bonchev–Trinajstić information content (AvgIpc) is 1.35. The van der Waals surface area contributed by atoms with Crippen LogP contribution < -0.4 is 0 Å². The summed E-state index contributed by atoms with van der Waals surface area (Å²) in [4.78, 5) is 0. The summed E-state index contributed by atoms with van der Waals surface area (Å²) in [6.07, 6.45) is 0. The van der Waals surface area contributed by atoms with E-state index in [4.69, 9.17) is 27.6 Å². The molecule has 0 unspecified atom stereocenters. The molecule has 0 radical (unpaired) electrons. The number of hydrogen-bond acceptors (Lipinski definition) is 1. The quantitative estimate of drug-likeness (QED) is 0.565. The third kappa shape index (κ3) is 5.41. The van der Waals surface area contributed by atoms with Crippen LogP contribution in [0.3, 0.4) is 0 Å². The van der Waals surface area contributed by atoms with Gasteiger partial charge in [-0.2, -0.15) is 0 Å². The third-order valence-electron chi connectivity index (χ3n) is 0.227. The van der Waals surface area contributed by atoms with Crippen molar-refractivity contribution in [3.63, 3.8) is 0 Å². The topological polar surface area (TPSA) is 12.4 Å². The first-order valence-corrected chi connectivity index (χ1v) is 10.6. The van der Waals surface area contributed by atoms with Crippen molar-refractivity contribution in [2.45, 2.75) is 0 Å². The van der Waals surface area contributed by atoms with Crippen LogP contribution in [0.4, 0.5) is 0 Å². The van der Waals surface area contributed by atoms with Crippen LogP contribution in [0, 0.1) is 0 Å². The Balaban J connectivity index is 3.79. The molecule has 0 aromatic heterocycles. The van der Waals surface area contributed by atoms with Crippen LogP contribution in [-0.4, -0.2) is 7.05 Å². The van der Waals surface area contributed by atoms with Crippen LogP contribution >= 0.6 is 27.6 Å². The molecule has 0 fully saturated rings. The fraction of sp³-hybridized carbons (Fsp3) is 1.00. The molecule has 0 N–H and O–H groups in total. The summed E-state index contributed by atoms with van der Waals surface area (Å²) in [6, 6.07) is 0. The van der Waals surface area contributed by atoms with Crippen LogP contribution in [0.25, 0.3) is 0 Å². The second-order valence-electron chi connectivity index (χ2n) is 0.618. The van der Waals surface area contributed by atoms with Gasteiger partial charge in [-0.05, 0) is 0 Å². The zero-order chi connectivity index (χ0) is 5.21. The molecular formula is CH3Cl3NNb. The molecule has 6 heavy (non-hydrogen) atoms. The summed E-state index contributed by atoms with van der Waals surface area (Å²) in [5, 5.41) is 0. The summed E-state index contributed by atoms with van der Waals surface area (Å²) in [7, 11) is 17.4. The number of nitrogens with zero attached hydrogens (tertiary/aromatic N) is 1. The van der Waals surface area contributed by atoms with E-state index >= 15 is 0 Å². The molecule has 0 spiro atoms. The van der Waals surface area contributed by atoms with Gasteiger partial charge in [0.05, 0.1) is 0 Å². The Morgan fingerprint density at radius 2 is 1.50 bits per heavy atom. The molecule has 5 heteroatoms. The molecule has 0 heterocycles. The van der Waals surface area contributed by atoms with E-state index < -0.39 is 13.7 Å². The Hall–Kier alpha value is 1.41. The summed E-state index contributed by atoms with van der Waals surface area (Å²) in [5.41, 5.74) is 0. The molecule has 0 aromatic carbocycles. The van der Waals surface area contributed by atoms with Crippen molar-refractivity contribution < 1.29 is 13.7 Å². The fourth-order valence-electron chi connectivity index (χ4n) is 0. The van der Waals surface area contributed by atoms with Gasteiger partial charge in [0.2, 0.25) is 0 Å². The molecular weight excluding hydrogens is 225 g/mol. The van der Waals surface area contributed by atoms with Gasteiger partial charge in [-0.25, -0.2) is 0 Å². The van der Waals surface area contributed by atoms with Crippen molar-refractivity contribution in [1.82, 2.24) is 0 Å². The Kier molecular flexibility index (Phi) is 3.28. The first-order chi connectivity index (χ1) is 2.56. The van der Waals surface area contributed by atoms with Gasteiger partial charge in [-0.1, -0.05) is 0 Å². The number of halogens is 3. The summed E-state index contributed by atoms with van der Waals surface area (Å²) in [5.74, 6) is 0. The van der Waals surface area contributed by atoms with Crippen molar-refractivity contribution in [3.8, 4) is 0 Å². The van der Waals surface area contributed by atoms with E-state index in [9.17, 15) is 0 Å². The van der Waals surface area contributed by atoms with Gasteiger partial charge >= 0.3 is 51.7 Å². The van der Waals surface area contributed by atoms with Crippen LogP contribution in [0.15, 0.2) is 3.34 Å². The van der Waals surface area contributed by atoms with Crippen LogP contribution in [0.2, 0.25) is 0 Å². The molecule has 0 rings (SSSR count). The molecule has 0 aromatic rings. The molecule has 0 saturated heterocycles. The van der Waals surface area contributed by atoms with Crippen molar-refractivity contribution >= 4 is 27.6 Å². The molecule has 38 valence electrons. The standard InChI is InChI=1S/CH3N.3ClH.Nb/c1-2;;;;/h1H3;3*1H;/q;;;;+3/p-3. The Bertz CT molecular complexity index is 74.5. The molecule has 0 atom stereocenters. The van der Waals surface area contributed by atoms with E-state index in [0.29, 0.717) is 0 Å². The van der Waals surface area contributed by atoms with Crippen LogP contribution in [0.1, 0.15) is 0 Å². The number of hydrogen-bond donors (Lipinski definition) is 0. The zero-order valence-corrected chi connectivity index (χ0v) is 7.49. The van der Waals surface area contributed by atoms with Crippen molar-refractivity contribution in [2.24, 2.45) is 3.34 Å². The van der Waals surface area contributed by atoms with Crippen molar-refractivity contribution in [1.29, 1.82) is 0 Å². The van der Waals surface area contributed by atoms with Crippen LogP contribution in [-0.2, 0) is 13.7 Å². The molecule has 0 saturated carbocycles. The minimum atomic E-state index is -3.11. The van der Waals surface area contributed by atoms with Gasteiger partial charge in [0.15, 0.2) is 0 Å².